The van der Waals surface area contributed by atoms with E-state index >= 15 is 0 Å². The number of hydrogen-bond acceptors (Lipinski definition) is 4. The molecule has 212 valence electrons. The Morgan fingerprint density at radius 1 is 0.895 bits per heavy atom. The third-order valence-corrected chi connectivity index (χ3v) is 8.72. The molecule has 3 rings (SSSR count). The number of fused-ring (bicyclic) bond motifs is 1. The number of aryl methyl sites for hydroxylation is 3. The Morgan fingerprint density at radius 2 is 1.42 bits per heavy atom. The number of nitrogens with one attached hydrogen (secondary N) is 1. The van der Waals surface area contributed by atoms with Crippen LogP contribution in [0.3, 0.4) is 0 Å². The van der Waals surface area contributed by atoms with E-state index in [1.165, 1.54) is 50.2 Å². The van der Waals surface area contributed by atoms with Gasteiger partial charge in [-0.05, 0) is 43.0 Å². The van der Waals surface area contributed by atoms with E-state index in [9.17, 15) is 52.1 Å². The van der Waals surface area contributed by atoms with Crippen LogP contribution in [0.25, 0.3) is 0 Å². The Hall–Kier alpha value is -2.17. The van der Waals surface area contributed by atoms with Gasteiger partial charge in [-0.25, -0.2) is 17.3 Å². The quantitative estimate of drug-likeness (QED) is 0.399. The zero-order valence-electron chi connectivity index (χ0n) is 19.7. The molecule has 1 N–H and O–H groups in total. The van der Waals surface area contributed by atoms with E-state index in [-0.39, 0.29) is 16.0 Å². The Balaban J connectivity index is 1.98. The molecular formula is C22H20F9NO4S2. The predicted octanol–water partition coefficient (Wildman–Crippen LogP) is 5.66. The van der Waals surface area contributed by atoms with Crippen LogP contribution >= 0.6 is 0 Å². The van der Waals surface area contributed by atoms with E-state index < -0.39 is 62.9 Å². The van der Waals surface area contributed by atoms with Crippen LogP contribution < -0.4 is 4.72 Å². The molecule has 0 bridgehead atoms. The maximum atomic E-state index is 14.2. The van der Waals surface area contributed by atoms with Crippen molar-refractivity contribution in [3.05, 3.63) is 64.2 Å². The molecule has 1 unspecified atom stereocenters. The first-order chi connectivity index (χ1) is 17.1. The monoisotopic (exact) mass is 597 g/mol. The van der Waals surface area contributed by atoms with Crippen LogP contribution in [-0.4, -0.2) is 42.0 Å². The second-order valence-electron chi connectivity index (χ2n) is 8.76. The van der Waals surface area contributed by atoms with E-state index in [1.54, 1.807) is 6.92 Å². The van der Waals surface area contributed by atoms with Crippen molar-refractivity contribution >= 4 is 21.1 Å². The second-order valence-corrected chi connectivity index (χ2v) is 11.6. The first-order valence-electron chi connectivity index (χ1n) is 10.6. The third kappa shape index (κ3) is 5.07. The van der Waals surface area contributed by atoms with Gasteiger partial charge in [-0.15, -0.1) is 0 Å². The van der Waals surface area contributed by atoms with Gasteiger partial charge >= 0.3 is 23.3 Å². The second kappa shape index (κ2) is 9.78. The predicted molar refractivity (Wildman–Crippen MR) is 118 cm³/mol. The summed E-state index contributed by atoms with van der Waals surface area (Å²) in [5.41, 5.74) is 1.66. The zero-order chi connectivity index (χ0) is 29.1. The van der Waals surface area contributed by atoms with E-state index in [1.807, 2.05) is 0 Å². The van der Waals surface area contributed by atoms with Gasteiger partial charge in [0.2, 0.25) is 21.1 Å². The van der Waals surface area contributed by atoms with Gasteiger partial charge in [0, 0.05) is 6.42 Å². The molecule has 0 aromatic heterocycles. The number of benzene rings is 2. The first kappa shape index (κ1) is 30.4. The minimum Gasteiger partial charge on any atom is -0.280 e. The summed E-state index contributed by atoms with van der Waals surface area (Å²) in [6.07, 6.45) is -9.54. The molecule has 0 fully saturated rings. The molecular weight excluding hydrogens is 577 g/mol. The molecule has 2 aromatic rings. The molecule has 0 aliphatic heterocycles. The third-order valence-electron chi connectivity index (χ3n) is 5.87. The summed E-state index contributed by atoms with van der Waals surface area (Å²) in [6, 6.07) is 7.02. The molecule has 5 nitrogen and oxygen atoms in total. The van der Waals surface area contributed by atoms with Gasteiger partial charge in [-0.1, -0.05) is 42.0 Å². The van der Waals surface area contributed by atoms with Gasteiger partial charge < -0.3 is 0 Å². The Bertz CT molecular complexity index is 1340. The molecule has 38 heavy (non-hydrogen) atoms. The summed E-state index contributed by atoms with van der Waals surface area (Å²) < 4.78 is 165. The lowest BCUT2D eigenvalue weighted by Gasteiger charge is -2.33. The maximum absolute atomic E-state index is 14.2. The molecule has 0 saturated heterocycles. The van der Waals surface area contributed by atoms with Crippen molar-refractivity contribution < 1.29 is 56.3 Å². The van der Waals surface area contributed by atoms with Gasteiger partial charge in [-0.3, -0.25) is 4.18 Å². The molecule has 1 aliphatic carbocycles. The van der Waals surface area contributed by atoms with Crippen LogP contribution in [0.1, 0.15) is 33.9 Å². The molecule has 2 aromatic carbocycles. The minimum absolute atomic E-state index is 0.108. The van der Waals surface area contributed by atoms with Crippen LogP contribution in [0.15, 0.2) is 41.3 Å². The topological polar surface area (TPSA) is 72.5 Å². The van der Waals surface area contributed by atoms with E-state index in [2.05, 4.69) is 8.91 Å². The molecule has 0 spiro atoms. The highest BCUT2D eigenvalue weighted by Crippen LogP contribution is 2.54. The van der Waals surface area contributed by atoms with Crippen LogP contribution in [0, 0.1) is 20.8 Å². The van der Waals surface area contributed by atoms with Crippen molar-refractivity contribution in [3.63, 3.8) is 0 Å². The minimum atomic E-state index is -7.26. The van der Waals surface area contributed by atoms with Crippen LogP contribution in [0.2, 0.25) is 0 Å². The average molecular weight is 598 g/mol. The molecule has 16 heteroatoms. The van der Waals surface area contributed by atoms with E-state index in [0.29, 0.717) is 11.1 Å². The van der Waals surface area contributed by atoms with Crippen molar-refractivity contribution in [3.8, 4) is 0 Å². The van der Waals surface area contributed by atoms with E-state index in [4.69, 9.17) is 0 Å². The molecule has 0 radical (unpaired) electrons. The molecule has 0 saturated carbocycles. The number of sulfonamides is 1. The summed E-state index contributed by atoms with van der Waals surface area (Å²) in [6.45, 7) is 4.65. The van der Waals surface area contributed by atoms with Gasteiger partial charge in [0.15, 0.2) is 0 Å². The summed E-state index contributed by atoms with van der Waals surface area (Å²) in [5, 5.41) is -6.52. The number of rotatable bonds is 8. The van der Waals surface area contributed by atoms with Gasteiger partial charge in [-0.2, -0.15) is 39.5 Å². The van der Waals surface area contributed by atoms with Crippen LogP contribution in [-0.2, 0) is 31.7 Å². The Labute approximate surface area is 214 Å². The lowest BCUT2D eigenvalue weighted by Crippen LogP contribution is -2.62. The van der Waals surface area contributed by atoms with Crippen molar-refractivity contribution in [2.45, 2.75) is 67.5 Å². The van der Waals surface area contributed by atoms with Gasteiger partial charge in [0.25, 0.3) is 0 Å². The standard InChI is InChI=1S/C22H20F9NO4S2/c1-11-8-12(2)18(13(3)9-11)38(34,35)32-17-15-7-5-4-6-14(15)10-16(17)36-37(33)22(30,31)20(25,26)19(23,24)21(27,28)29/h4-9,16-17,32H,10H2,1-3H3/t16-,17+,37?/m0/s1. The number of alkyl halides is 9. The van der Waals surface area contributed by atoms with E-state index in [0.717, 1.165) is 5.56 Å². The van der Waals surface area contributed by atoms with Crippen molar-refractivity contribution in [2.75, 3.05) is 0 Å². The highest BCUT2D eigenvalue weighted by molar-refractivity contribution is 7.89. The molecule has 3 atom stereocenters. The van der Waals surface area contributed by atoms with Gasteiger partial charge in [0.05, 0.1) is 17.0 Å². The SMILES string of the molecule is Cc1cc(C)c(S(=O)(=O)N[C@@H]2c3ccccc3C[C@@H]2OS(=O)C(F)(F)C(F)(F)C(F)(F)C(F)(F)F)c(C)c1. The molecule has 0 amide bonds. The fourth-order valence-corrected chi connectivity index (χ4v) is 6.80. The van der Waals surface area contributed by atoms with Crippen molar-refractivity contribution in [2.24, 2.45) is 0 Å². The highest BCUT2D eigenvalue weighted by Gasteiger charge is 2.84. The summed E-state index contributed by atoms with van der Waals surface area (Å²) in [4.78, 5) is -0.200. The highest BCUT2D eigenvalue weighted by atomic mass is 32.2. The summed E-state index contributed by atoms with van der Waals surface area (Å²) >= 11 is -4.76. The lowest BCUT2D eigenvalue weighted by molar-refractivity contribution is -0.382. The number of halogens is 9. The summed E-state index contributed by atoms with van der Waals surface area (Å²) in [7, 11) is -4.47. The maximum Gasteiger partial charge on any atom is 0.460 e. The Morgan fingerprint density at radius 3 is 1.95 bits per heavy atom. The average Bonchev–Trinajstić information content (AvgIpc) is 3.08. The largest absolute Gasteiger partial charge is 0.460 e. The summed E-state index contributed by atoms with van der Waals surface area (Å²) in [5.74, 6) is -14.4. The molecule has 0 heterocycles. The van der Waals surface area contributed by atoms with Crippen molar-refractivity contribution in [1.82, 2.24) is 4.72 Å². The van der Waals surface area contributed by atoms with Crippen LogP contribution in [0.5, 0.6) is 0 Å². The van der Waals surface area contributed by atoms with Gasteiger partial charge in [0.1, 0.15) is 0 Å². The number of hydrogen-bond donors (Lipinski definition) is 1. The zero-order valence-corrected chi connectivity index (χ0v) is 21.3. The van der Waals surface area contributed by atoms with Crippen molar-refractivity contribution in [1.29, 1.82) is 0 Å². The van der Waals surface area contributed by atoms with Crippen LogP contribution in [0.4, 0.5) is 39.5 Å². The lowest BCUT2D eigenvalue weighted by atomic mass is 10.1. The molecule has 1 aliphatic rings. The fraction of sp³-hybridized carbons (Fsp3) is 0.455. The normalized spacial score (nSPS) is 19.9. The smallest absolute Gasteiger partial charge is 0.280 e. The fourth-order valence-electron chi connectivity index (χ4n) is 4.24. The Kier molecular flexibility index (Phi) is 7.82. The first-order valence-corrected chi connectivity index (χ1v) is 13.2.